The third-order valence-corrected chi connectivity index (χ3v) is 3.64. The Balaban J connectivity index is 2.33. The van der Waals surface area contributed by atoms with E-state index in [2.05, 4.69) is 5.32 Å². The van der Waals surface area contributed by atoms with E-state index >= 15 is 0 Å². The molecule has 1 unspecified atom stereocenters. The SMILES string of the molecule is O=C(O)Cc1cc(O)c(C(=O)NC(C(=O)O)c2ccc(O)c(O)c2)cc1O. The van der Waals surface area contributed by atoms with Gasteiger partial charge in [-0.15, -0.1) is 0 Å². The molecule has 0 aliphatic carbocycles. The molecule has 1 amide bonds. The molecule has 0 spiro atoms. The number of carbonyl (C=O) groups is 3. The number of phenols is 4. The molecule has 0 aromatic heterocycles. The predicted molar refractivity (Wildman–Crippen MR) is 88.7 cm³/mol. The first kappa shape index (κ1) is 19.4. The average Bonchev–Trinajstić information content (AvgIpc) is 2.57. The van der Waals surface area contributed by atoms with Gasteiger partial charge >= 0.3 is 11.9 Å². The van der Waals surface area contributed by atoms with Crippen LogP contribution in [0.25, 0.3) is 0 Å². The molecular weight excluding hydrogens is 362 g/mol. The number of benzene rings is 2. The fraction of sp³-hybridized carbons (Fsp3) is 0.118. The lowest BCUT2D eigenvalue weighted by Gasteiger charge is -2.16. The smallest absolute Gasteiger partial charge is 0.330 e. The first-order valence-electron chi connectivity index (χ1n) is 7.42. The van der Waals surface area contributed by atoms with E-state index in [1.165, 1.54) is 6.07 Å². The molecule has 2 aromatic rings. The van der Waals surface area contributed by atoms with Crippen molar-refractivity contribution in [3.8, 4) is 23.0 Å². The van der Waals surface area contributed by atoms with E-state index < -0.39 is 58.9 Å². The maximum Gasteiger partial charge on any atom is 0.330 e. The van der Waals surface area contributed by atoms with Crippen molar-refractivity contribution in [2.45, 2.75) is 12.5 Å². The third kappa shape index (κ3) is 4.37. The Kier molecular flexibility index (Phi) is 5.40. The molecule has 0 aliphatic heterocycles. The van der Waals surface area contributed by atoms with Crippen molar-refractivity contribution < 1.29 is 45.0 Å². The van der Waals surface area contributed by atoms with E-state index in [1.807, 2.05) is 0 Å². The van der Waals surface area contributed by atoms with Crippen LogP contribution in [0.15, 0.2) is 30.3 Å². The van der Waals surface area contributed by atoms with Crippen molar-refractivity contribution in [1.29, 1.82) is 0 Å². The van der Waals surface area contributed by atoms with Gasteiger partial charge in [0.25, 0.3) is 5.91 Å². The van der Waals surface area contributed by atoms with E-state index in [4.69, 9.17) is 5.11 Å². The van der Waals surface area contributed by atoms with E-state index in [0.717, 1.165) is 24.3 Å². The second-order valence-electron chi connectivity index (χ2n) is 5.56. The van der Waals surface area contributed by atoms with E-state index in [9.17, 15) is 39.9 Å². The molecule has 10 heteroatoms. The number of aromatic hydroxyl groups is 4. The van der Waals surface area contributed by atoms with Gasteiger partial charge in [0, 0.05) is 5.56 Å². The number of rotatable bonds is 6. The average molecular weight is 377 g/mol. The van der Waals surface area contributed by atoms with Crippen LogP contribution in [0.1, 0.15) is 27.5 Å². The van der Waals surface area contributed by atoms with Crippen LogP contribution >= 0.6 is 0 Å². The highest BCUT2D eigenvalue weighted by atomic mass is 16.4. The van der Waals surface area contributed by atoms with Gasteiger partial charge in [-0.1, -0.05) is 6.07 Å². The van der Waals surface area contributed by atoms with Gasteiger partial charge in [0.05, 0.1) is 12.0 Å². The number of carboxylic acids is 2. The van der Waals surface area contributed by atoms with Gasteiger partial charge in [-0.3, -0.25) is 9.59 Å². The second kappa shape index (κ2) is 7.52. The van der Waals surface area contributed by atoms with Gasteiger partial charge in [0.1, 0.15) is 11.5 Å². The normalized spacial score (nSPS) is 11.6. The molecule has 0 heterocycles. The van der Waals surface area contributed by atoms with E-state index in [0.29, 0.717) is 0 Å². The van der Waals surface area contributed by atoms with E-state index in [1.54, 1.807) is 0 Å². The highest BCUT2D eigenvalue weighted by Crippen LogP contribution is 2.30. The number of amides is 1. The quantitative estimate of drug-likeness (QED) is 0.281. The summed E-state index contributed by atoms with van der Waals surface area (Å²) < 4.78 is 0. The summed E-state index contributed by atoms with van der Waals surface area (Å²) >= 11 is 0. The van der Waals surface area contributed by atoms with Crippen LogP contribution in [0.5, 0.6) is 23.0 Å². The molecule has 10 nitrogen and oxygen atoms in total. The van der Waals surface area contributed by atoms with Crippen molar-refractivity contribution >= 4 is 17.8 Å². The fourth-order valence-electron chi connectivity index (χ4n) is 2.32. The number of carboxylic acid groups (broad SMARTS) is 2. The third-order valence-electron chi connectivity index (χ3n) is 3.64. The number of aliphatic carboxylic acids is 2. The van der Waals surface area contributed by atoms with Crippen molar-refractivity contribution in [3.63, 3.8) is 0 Å². The first-order chi connectivity index (χ1) is 12.6. The zero-order valence-corrected chi connectivity index (χ0v) is 13.6. The molecular formula is C17H15NO9. The van der Waals surface area contributed by atoms with Gasteiger partial charge in [-0.25, -0.2) is 4.79 Å². The van der Waals surface area contributed by atoms with Gasteiger partial charge in [-0.2, -0.15) is 0 Å². The summed E-state index contributed by atoms with van der Waals surface area (Å²) in [6.45, 7) is 0. The van der Waals surface area contributed by atoms with Gasteiger partial charge < -0.3 is 36.0 Å². The summed E-state index contributed by atoms with van der Waals surface area (Å²) in [7, 11) is 0. The Morgan fingerprint density at radius 2 is 1.52 bits per heavy atom. The minimum Gasteiger partial charge on any atom is -0.508 e. The molecule has 2 rings (SSSR count). The van der Waals surface area contributed by atoms with Crippen LogP contribution in [0.2, 0.25) is 0 Å². The van der Waals surface area contributed by atoms with Crippen molar-refractivity contribution in [2.75, 3.05) is 0 Å². The molecule has 0 fully saturated rings. The molecule has 0 saturated heterocycles. The fourth-order valence-corrected chi connectivity index (χ4v) is 2.32. The number of phenolic OH excluding ortho intramolecular Hbond substituents is 4. The maximum absolute atomic E-state index is 12.3. The molecule has 7 N–H and O–H groups in total. The molecule has 27 heavy (non-hydrogen) atoms. The zero-order chi connectivity index (χ0) is 20.3. The summed E-state index contributed by atoms with van der Waals surface area (Å²) in [6, 6.07) is 3.22. The molecule has 2 aromatic carbocycles. The summed E-state index contributed by atoms with van der Waals surface area (Å²) in [5.74, 6) is -6.10. The Bertz CT molecular complexity index is 923. The second-order valence-corrected chi connectivity index (χ2v) is 5.56. The molecule has 1 atom stereocenters. The lowest BCUT2D eigenvalue weighted by molar-refractivity contribution is -0.139. The summed E-state index contributed by atoms with van der Waals surface area (Å²) in [4.78, 5) is 34.5. The van der Waals surface area contributed by atoms with Crippen LogP contribution in [0, 0.1) is 0 Å². The highest BCUT2D eigenvalue weighted by molar-refractivity contribution is 5.99. The molecule has 142 valence electrons. The van der Waals surface area contributed by atoms with Gasteiger partial charge in [0.2, 0.25) is 0 Å². The van der Waals surface area contributed by atoms with Crippen LogP contribution in [-0.4, -0.2) is 48.5 Å². The standard InChI is InChI=1S/C17H15NO9/c19-10-2-1-7(3-13(10)22)15(17(26)27)18-16(25)9-6-11(20)8(4-12(9)21)5-14(23)24/h1-4,6,15,19-22H,5H2,(H,18,25)(H,23,24)(H,26,27). The number of nitrogens with one attached hydrogen (secondary N) is 1. The lowest BCUT2D eigenvalue weighted by atomic mass is 10.0. The van der Waals surface area contributed by atoms with Gasteiger partial charge in [0.15, 0.2) is 17.5 Å². The highest BCUT2D eigenvalue weighted by Gasteiger charge is 2.25. The Morgan fingerprint density at radius 1 is 0.852 bits per heavy atom. The largest absolute Gasteiger partial charge is 0.508 e. The summed E-state index contributed by atoms with van der Waals surface area (Å²) in [5.41, 5.74) is -0.664. The summed E-state index contributed by atoms with van der Waals surface area (Å²) in [5, 5.41) is 58.7. The Labute approximate surface area is 151 Å². The minimum atomic E-state index is -1.63. The number of carbonyl (C=O) groups excluding carboxylic acids is 1. The molecule has 0 aliphatic rings. The van der Waals surface area contributed by atoms with Crippen LogP contribution < -0.4 is 5.32 Å². The van der Waals surface area contributed by atoms with E-state index in [-0.39, 0.29) is 11.1 Å². The van der Waals surface area contributed by atoms with Crippen molar-refractivity contribution in [3.05, 3.63) is 47.0 Å². The first-order valence-corrected chi connectivity index (χ1v) is 7.42. The van der Waals surface area contributed by atoms with Crippen LogP contribution in [0.4, 0.5) is 0 Å². The monoisotopic (exact) mass is 377 g/mol. The Morgan fingerprint density at radius 3 is 2.07 bits per heavy atom. The minimum absolute atomic E-state index is 0.0580. The van der Waals surface area contributed by atoms with Crippen molar-refractivity contribution in [1.82, 2.24) is 5.32 Å². The van der Waals surface area contributed by atoms with Crippen molar-refractivity contribution in [2.24, 2.45) is 0 Å². The lowest BCUT2D eigenvalue weighted by Crippen LogP contribution is -2.33. The summed E-state index contributed by atoms with van der Waals surface area (Å²) in [6.07, 6.45) is -0.591. The maximum atomic E-state index is 12.3. The Hall–Kier alpha value is -3.95. The topological polar surface area (TPSA) is 185 Å². The number of hydrogen-bond acceptors (Lipinski definition) is 7. The van der Waals surface area contributed by atoms with Crippen LogP contribution in [0.3, 0.4) is 0 Å². The molecule has 0 radical (unpaired) electrons. The number of hydrogen-bond donors (Lipinski definition) is 7. The zero-order valence-electron chi connectivity index (χ0n) is 13.6. The molecule has 0 bridgehead atoms. The van der Waals surface area contributed by atoms with Crippen LogP contribution in [-0.2, 0) is 16.0 Å². The molecule has 0 saturated carbocycles. The predicted octanol–water partition coefficient (Wildman–Crippen LogP) is 0.692. The van der Waals surface area contributed by atoms with Gasteiger partial charge in [-0.05, 0) is 29.8 Å².